The Balaban J connectivity index is 1.66. The number of phenolic OH excluding ortho intramolecular Hbond substituents is 2. The van der Waals surface area contributed by atoms with Gasteiger partial charge in [-0.3, -0.25) is 4.90 Å². The Morgan fingerprint density at radius 2 is 1.29 bits per heavy atom. The van der Waals surface area contributed by atoms with Crippen molar-refractivity contribution in [2.45, 2.75) is 39.0 Å². The van der Waals surface area contributed by atoms with Crippen LogP contribution in [0, 0.1) is 0 Å². The van der Waals surface area contributed by atoms with E-state index < -0.39 is 0 Å². The lowest BCUT2D eigenvalue weighted by Gasteiger charge is -2.18. The van der Waals surface area contributed by atoms with E-state index in [1.165, 1.54) is 31.5 Å². The Hall–Kier alpha value is -3.24. The fourth-order valence-corrected chi connectivity index (χ4v) is 4.59. The number of phenols is 2. The van der Waals surface area contributed by atoms with Crippen LogP contribution in [0.15, 0.2) is 72.8 Å². The predicted molar refractivity (Wildman–Crippen MR) is 139 cm³/mol. The van der Waals surface area contributed by atoms with Crippen molar-refractivity contribution in [3.05, 3.63) is 89.5 Å². The van der Waals surface area contributed by atoms with E-state index in [1.807, 2.05) is 24.3 Å². The monoisotopic (exact) mass is 457 g/mol. The van der Waals surface area contributed by atoms with Gasteiger partial charge in [-0.15, -0.1) is 0 Å². The van der Waals surface area contributed by atoms with Gasteiger partial charge in [0.2, 0.25) is 0 Å². The number of hydrogen-bond acceptors (Lipinski definition) is 4. The van der Waals surface area contributed by atoms with E-state index in [-0.39, 0.29) is 11.5 Å². The van der Waals surface area contributed by atoms with Gasteiger partial charge in [-0.2, -0.15) is 0 Å². The quantitative estimate of drug-likeness (QED) is 0.332. The molecule has 0 atom stereocenters. The SMILES string of the molecule is CCCCC(=C(c1ccc(O)cc1)c1ccc(O)cc1)c1ccc(OCCN2CCCC2)cc1. The number of benzene rings is 3. The summed E-state index contributed by atoms with van der Waals surface area (Å²) in [4.78, 5) is 2.46. The summed E-state index contributed by atoms with van der Waals surface area (Å²) in [6, 6.07) is 23.2. The van der Waals surface area contributed by atoms with Crippen molar-refractivity contribution in [3.63, 3.8) is 0 Å². The second kappa shape index (κ2) is 11.8. The highest BCUT2D eigenvalue weighted by Crippen LogP contribution is 2.37. The van der Waals surface area contributed by atoms with Gasteiger partial charge in [0.1, 0.15) is 23.9 Å². The normalized spacial score (nSPS) is 13.7. The number of rotatable bonds is 10. The maximum atomic E-state index is 9.85. The van der Waals surface area contributed by atoms with Gasteiger partial charge in [-0.05, 0) is 103 Å². The van der Waals surface area contributed by atoms with Gasteiger partial charge in [0.15, 0.2) is 0 Å². The number of nitrogens with zero attached hydrogens (tertiary/aromatic N) is 1. The van der Waals surface area contributed by atoms with Gasteiger partial charge in [0, 0.05) is 6.54 Å². The molecule has 2 N–H and O–H groups in total. The average Bonchev–Trinajstić information content (AvgIpc) is 3.38. The highest BCUT2D eigenvalue weighted by Gasteiger charge is 2.15. The van der Waals surface area contributed by atoms with Crippen LogP contribution in [0.5, 0.6) is 17.2 Å². The molecule has 0 radical (unpaired) electrons. The molecule has 0 amide bonds. The molecule has 178 valence electrons. The summed E-state index contributed by atoms with van der Waals surface area (Å²) in [6.45, 7) is 6.27. The maximum Gasteiger partial charge on any atom is 0.119 e. The summed E-state index contributed by atoms with van der Waals surface area (Å²) in [5.74, 6) is 1.40. The summed E-state index contributed by atoms with van der Waals surface area (Å²) in [6.07, 6.45) is 5.70. The summed E-state index contributed by atoms with van der Waals surface area (Å²) in [7, 11) is 0. The van der Waals surface area contributed by atoms with Crippen LogP contribution in [0.3, 0.4) is 0 Å². The third-order valence-electron chi connectivity index (χ3n) is 6.47. The van der Waals surface area contributed by atoms with Gasteiger partial charge >= 0.3 is 0 Å². The molecule has 1 fully saturated rings. The number of hydrogen-bond donors (Lipinski definition) is 2. The topological polar surface area (TPSA) is 52.9 Å². The maximum absolute atomic E-state index is 9.85. The zero-order chi connectivity index (χ0) is 23.8. The number of aromatic hydroxyl groups is 2. The first-order valence-electron chi connectivity index (χ1n) is 12.4. The largest absolute Gasteiger partial charge is 0.508 e. The summed E-state index contributed by atoms with van der Waals surface area (Å²) < 4.78 is 6.03. The number of likely N-dealkylation sites (tertiary alicyclic amines) is 1. The van der Waals surface area contributed by atoms with Gasteiger partial charge in [-0.1, -0.05) is 49.7 Å². The second-order valence-corrected chi connectivity index (χ2v) is 8.97. The van der Waals surface area contributed by atoms with E-state index in [2.05, 4.69) is 36.1 Å². The van der Waals surface area contributed by atoms with Crippen LogP contribution in [0.1, 0.15) is 55.7 Å². The molecule has 34 heavy (non-hydrogen) atoms. The van der Waals surface area contributed by atoms with Crippen LogP contribution < -0.4 is 4.74 Å². The molecule has 1 aliphatic heterocycles. The molecule has 3 aromatic rings. The van der Waals surface area contributed by atoms with Crippen molar-refractivity contribution >= 4 is 11.1 Å². The van der Waals surface area contributed by atoms with E-state index in [4.69, 9.17) is 4.74 Å². The van der Waals surface area contributed by atoms with Crippen molar-refractivity contribution in [1.29, 1.82) is 0 Å². The van der Waals surface area contributed by atoms with E-state index in [1.54, 1.807) is 24.3 Å². The van der Waals surface area contributed by atoms with Crippen molar-refractivity contribution in [2.75, 3.05) is 26.2 Å². The molecule has 1 heterocycles. The van der Waals surface area contributed by atoms with Crippen LogP contribution in [-0.2, 0) is 0 Å². The zero-order valence-electron chi connectivity index (χ0n) is 20.0. The van der Waals surface area contributed by atoms with Crippen molar-refractivity contribution in [1.82, 2.24) is 4.90 Å². The minimum Gasteiger partial charge on any atom is -0.508 e. The molecular formula is C30H35NO3. The standard InChI is InChI=1S/C30H35NO3/c1-2-3-6-29(23-11-17-28(18-12-23)34-22-21-31-19-4-5-20-31)30(24-7-13-26(32)14-8-24)25-9-15-27(33)16-10-25/h7-18,32-33H,2-6,19-22H2,1H3. The second-order valence-electron chi connectivity index (χ2n) is 8.97. The average molecular weight is 458 g/mol. The molecule has 1 aliphatic rings. The van der Waals surface area contributed by atoms with Crippen LogP contribution in [0.2, 0.25) is 0 Å². The third-order valence-corrected chi connectivity index (χ3v) is 6.47. The van der Waals surface area contributed by atoms with E-state index >= 15 is 0 Å². The lowest BCUT2D eigenvalue weighted by Crippen LogP contribution is -2.25. The highest BCUT2D eigenvalue weighted by atomic mass is 16.5. The lowest BCUT2D eigenvalue weighted by atomic mass is 9.87. The Morgan fingerprint density at radius 1 is 0.765 bits per heavy atom. The Morgan fingerprint density at radius 3 is 1.82 bits per heavy atom. The fraction of sp³-hybridized carbons (Fsp3) is 0.333. The molecule has 0 unspecified atom stereocenters. The molecule has 0 bridgehead atoms. The Bertz CT molecular complexity index is 1020. The molecule has 4 rings (SSSR count). The fourth-order valence-electron chi connectivity index (χ4n) is 4.59. The van der Waals surface area contributed by atoms with Crippen LogP contribution in [0.25, 0.3) is 11.1 Å². The number of unbranched alkanes of at least 4 members (excludes halogenated alkanes) is 1. The molecule has 3 aromatic carbocycles. The molecular weight excluding hydrogens is 422 g/mol. The van der Waals surface area contributed by atoms with Gasteiger partial charge in [0.05, 0.1) is 0 Å². The van der Waals surface area contributed by atoms with E-state index in [0.717, 1.165) is 53.8 Å². The molecule has 0 saturated carbocycles. The minimum atomic E-state index is 0.249. The predicted octanol–water partition coefficient (Wildman–Crippen LogP) is 6.72. The van der Waals surface area contributed by atoms with E-state index in [0.29, 0.717) is 6.61 Å². The number of ether oxygens (including phenoxy) is 1. The van der Waals surface area contributed by atoms with Crippen LogP contribution in [-0.4, -0.2) is 41.4 Å². The first-order chi connectivity index (χ1) is 16.6. The van der Waals surface area contributed by atoms with Gasteiger partial charge in [0.25, 0.3) is 0 Å². The van der Waals surface area contributed by atoms with Crippen molar-refractivity contribution in [3.8, 4) is 17.2 Å². The zero-order valence-corrected chi connectivity index (χ0v) is 20.0. The molecule has 1 saturated heterocycles. The molecule has 0 spiro atoms. The number of allylic oxidation sites excluding steroid dienone is 1. The van der Waals surface area contributed by atoms with Gasteiger partial charge in [-0.25, -0.2) is 0 Å². The summed E-state index contributed by atoms with van der Waals surface area (Å²) in [5, 5.41) is 19.7. The molecule has 4 nitrogen and oxygen atoms in total. The van der Waals surface area contributed by atoms with Crippen LogP contribution >= 0.6 is 0 Å². The highest BCUT2D eigenvalue weighted by molar-refractivity contribution is 5.98. The summed E-state index contributed by atoms with van der Waals surface area (Å²) in [5.41, 5.74) is 5.62. The minimum absolute atomic E-state index is 0.249. The van der Waals surface area contributed by atoms with Crippen molar-refractivity contribution < 1.29 is 14.9 Å². The molecule has 0 aromatic heterocycles. The van der Waals surface area contributed by atoms with Crippen LogP contribution in [0.4, 0.5) is 0 Å². The summed E-state index contributed by atoms with van der Waals surface area (Å²) >= 11 is 0. The van der Waals surface area contributed by atoms with Crippen molar-refractivity contribution in [2.24, 2.45) is 0 Å². The lowest BCUT2D eigenvalue weighted by molar-refractivity contribution is 0.238. The first kappa shape index (κ1) is 23.9. The molecule has 4 heteroatoms. The Labute approximate surface area is 203 Å². The smallest absolute Gasteiger partial charge is 0.119 e. The Kier molecular flexibility index (Phi) is 8.26. The van der Waals surface area contributed by atoms with Gasteiger partial charge < -0.3 is 14.9 Å². The third kappa shape index (κ3) is 6.21. The first-order valence-corrected chi connectivity index (χ1v) is 12.4. The molecule has 0 aliphatic carbocycles. The van der Waals surface area contributed by atoms with E-state index in [9.17, 15) is 10.2 Å².